The summed E-state index contributed by atoms with van der Waals surface area (Å²) in [5, 5.41) is 13.7. The molecule has 2 aromatic rings. The molecule has 6 heteroatoms. The van der Waals surface area contributed by atoms with E-state index >= 15 is 0 Å². The van der Waals surface area contributed by atoms with Gasteiger partial charge < -0.3 is 20.4 Å². The molecule has 20 heavy (non-hydrogen) atoms. The number of nitrogens with two attached hydrogens (primary N) is 1. The number of hydrogen-bond donors (Lipinski definition) is 2. The van der Waals surface area contributed by atoms with Crippen LogP contribution in [0.25, 0.3) is 0 Å². The van der Waals surface area contributed by atoms with Gasteiger partial charge in [0.2, 0.25) is 0 Å². The van der Waals surface area contributed by atoms with E-state index in [-0.39, 0.29) is 5.84 Å². The molecular formula is C14H16N2O3S. The van der Waals surface area contributed by atoms with Gasteiger partial charge in [-0.2, -0.15) is 0 Å². The van der Waals surface area contributed by atoms with E-state index in [4.69, 9.17) is 20.4 Å². The molecule has 0 aliphatic carbocycles. The maximum absolute atomic E-state index is 8.73. The summed E-state index contributed by atoms with van der Waals surface area (Å²) >= 11 is 1.70. The average Bonchev–Trinajstić information content (AvgIpc) is 2.99. The number of rotatable bonds is 6. The highest BCUT2D eigenvalue weighted by Gasteiger charge is 2.06. The molecule has 0 fully saturated rings. The van der Waals surface area contributed by atoms with Crippen molar-refractivity contribution in [1.29, 1.82) is 0 Å². The molecule has 0 saturated carbocycles. The fourth-order valence-corrected chi connectivity index (χ4v) is 2.39. The molecule has 0 saturated heterocycles. The van der Waals surface area contributed by atoms with Gasteiger partial charge in [-0.3, -0.25) is 0 Å². The molecule has 1 aromatic carbocycles. The van der Waals surface area contributed by atoms with E-state index in [0.29, 0.717) is 23.7 Å². The maximum Gasteiger partial charge on any atom is 0.170 e. The normalized spacial score (nSPS) is 11.3. The lowest BCUT2D eigenvalue weighted by molar-refractivity contribution is 0.317. The third-order valence-electron chi connectivity index (χ3n) is 2.72. The van der Waals surface area contributed by atoms with Crippen LogP contribution >= 0.6 is 11.3 Å². The lowest BCUT2D eigenvalue weighted by Crippen LogP contribution is -2.13. The van der Waals surface area contributed by atoms with Crippen molar-refractivity contribution in [2.75, 3.05) is 13.7 Å². The highest BCUT2D eigenvalue weighted by Crippen LogP contribution is 2.23. The Labute approximate surface area is 121 Å². The third-order valence-corrected chi connectivity index (χ3v) is 3.65. The summed E-state index contributed by atoms with van der Waals surface area (Å²) in [6, 6.07) is 9.25. The van der Waals surface area contributed by atoms with Crippen molar-refractivity contribution in [2.24, 2.45) is 10.9 Å². The van der Waals surface area contributed by atoms with Crippen LogP contribution in [0.5, 0.6) is 11.5 Å². The minimum Gasteiger partial charge on any atom is -0.497 e. The van der Waals surface area contributed by atoms with Gasteiger partial charge in [0.05, 0.1) is 13.7 Å². The lowest BCUT2D eigenvalue weighted by atomic mass is 10.2. The molecule has 0 unspecified atom stereocenters. The topological polar surface area (TPSA) is 77.1 Å². The quantitative estimate of drug-likeness (QED) is 0.371. The van der Waals surface area contributed by atoms with Crippen LogP contribution in [-0.4, -0.2) is 24.8 Å². The average molecular weight is 292 g/mol. The number of hydrogen-bond acceptors (Lipinski definition) is 5. The molecule has 5 nitrogen and oxygen atoms in total. The Hall–Kier alpha value is -2.21. The molecule has 0 bridgehead atoms. The van der Waals surface area contributed by atoms with Gasteiger partial charge in [-0.25, -0.2) is 0 Å². The zero-order valence-corrected chi connectivity index (χ0v) is 11.9. The van der Waals surface area contributed by atoms with Crippen LogP contribution in [0.1, 0.15) is 10.4 Å². The Morgan fingerprint density at radius 2 is 2.15 bits per heavy atom. The van der Waals surface area contributed by atoms with Gasteiger partial charge in [-0.05, 0) is 23.6 Å². The Morgan fingerprint density at radius 3 is 2.80 bits per heavy atom. The molecule has 0 radical (unpaired) electrons. The van der Waals surface area contributed by atoms with Crippen molar-refractivity contribution in [1.82, 2.24) is 0 Å². The van der Waals surface area contributed by atoms with Crippen LogP contribution in [0.3, 0.4) is 0 Å². The van der Waals surface area contributed by atoms with Gasteiger partial charge >= 0.3 is 0 Å². The number of methoxy groups -OCH3 is 1. The smallest absolute Gasteiger partial charge is 0.170 e. The second-order valence-electron chi connectivity index (χ2n) is 4.06. The van der Waals surface area contributed by atoms with Crippen molar-refractivity contribution in [3.05, 3.63) is 46.2 Å². The maximum atomic E-state index is 8.73. The second kappa shape index (κ2) is 6.81. The molecule has 0 aliphatic rings. The van der Waals surface area contributed by atoms with E-state index in [1.54, 1.807) is 36.6 Å². The first kappa shape index (κ1) is 14.2. The predicted octanol–water partition coefficient (Wildman–Crippen LogP) is 2.47. The summed E-state index contributed by atoms with van der Waals surface area (Å²) in [5.41, 5.74) is 6.14. The van der Waals surface area contributed by atoms with E-state index in [1.807, 2.05) is 11.4 Å². The van der Waals surface area contributed by atoms with Crippen LogP contribution in [0.2, 0.25) is 0 Å². The minimum absolute atomic E-state index is 0.0204. The van der Waals surface area contributed by atoms with E-state index in [2.05, 4.69) is 11.2 Å². The van der Waals surface area contributed by atoms with E-state index < -0.39 is 0 Å². The minimum atomic E-state index is 0.0204. The first-order chi connectivity index (χ1) is 9.72. The molecule has 1 aromatic heterocycles. The number of oxime groups is 1. The van der Waals surface area contributed by atoms with Crippen molar-refractivity contribution < 1.29 is 14.7 Å². The van der Waals surface area contributed by atoms with E-state index in [1.165, 1.54) is 4.88 Å². The zero-order valence-electron chi connectivity index (χ0n) is 11.1. The van der Waals surface area contributed by atoms with Gasteiger partial charge in [-0.15, -0.1) is 11.3 Å². The van der Waals surface area contributed by atoms with Crippen LogP contribution in [0, 0.1) is 0 Å². The van der Waals surface area contributed by atoms with Gasteiger partial charge in [-0.1, -0.05) is 11.2 Å². The predicted molar refractivity (Wildman–Crippen MR) is 79.0 cm³/mol. The van der Waals surface area contributed by atoms with Gasteiger partial charge in [0.15, 0.2) is 5.84 Å². The summed E-state index contributed by atoms with van der Waals surface area (Å²) in [4.78, 5) is 1.27. The van der Waals surface area contributed by atoms with Crippen LogP contribution in [0.4, 0.5) is 0 Å². The Morgan fingerprint density at radius 1 is 1.35 bits per heavy atom. The SMILES string of the molecule is COc1cc(OCCc2cccs2)cc(/C(N)=N/O)c1. The fourth-order valence-electron chi connectivity index (χ4n) is 1.70. The highest BCUT2D eigenvalue weighted by atomic mass is 32.1. The van der Waals surface area contributed by atoms with Gasteiger partial charge in [0.25, 0.3) is 0 Å². The summed E-state index contributed by atoms with van der Waals surface area (Å²) in [7, 11) is 1.56. The lowest BCUT2D eigenvalue weighted by Gasteiger charge is -2.10. The van der Waals surface area contributed by atoms with Crippen molar-refractivity contribution in [3.8, 4) is 11.5 Å². The largest absolute Gasteiger partial charge is 0.497 e. The number of benzene rings is 1. The second-order valence-corrected chi connectivity index (χ2v) is 5.09. The first-order valence-corrected chi connectivity index (χ1v) is 6.93. The van der Waals surface area contributed by atoms with Gasteiger partial charge in [0, 0.05) is 22.9 Å². The summed E-state index contributed by atoms with van der Waals surface area (Å²) in [5.74, 6) is 1.25. The Bertz CT molecular complexity index is 582. The molecular weight excluding hydrogens is 276 g/mol. The summed E-state index contributed by atoms with van der Waals surface area (Å²) in [6.45, 7) is 0.559. The van der Waals surface area contributed by atoms with Crippen LogP contribution in [0.15, 0.2) is 40.9 Å². The summed E-state index contributed by atoms with van der Waals surface area (Å²) in [6.07, 6.45) is 0.841. The standard InChI is InChI=1S/C14H16N2O3S/c1-18-11-7-10(14(15)16-17)8-12(9-11)19-5-4-13-3-2-6-20-13/h2-3,6-9,17H,4-5H2,1H3,(H2,15,16). The molecule has 0 atom stereocenters. The Balaban J connectivity index is 2.06. The van der Waals surface area contributed by atoms with Crippen molar-refractivity contribution >= 4 is 17.2 Å². The number of nitrogens with zero attached hydrogens (tertiary/aromatic N) is 1. The monoisotopic (exact) mass is 292 g/mol. The molecule has 0 spiro atoms. The highest BCUT2D eigenvalue weighted by molar-refractivity contribution is 7.09. The molecule has 1 heterocycles. The zero-order chi connectivity index (χ0) is 14.4. The first-order valence-electron chi connectivity index (χ1n) is 6.05. The van der Waals surface area contributed by atoms with E-state index in [0.717, 1.165) is 6.42 Å². The van der Waals surface area contributed by atoms with Gasteiger partial charge in [0.1, 0.15) is 11.5 Å². The van der Waals surface area contributed by atoms with E-state index in [9.17, 15) is 0 Å². The number of ether oxygens (including phenoxy) is 2. The third kappa shape index (κ3) is 3.64. The molecule has 0 aliphatic heterocycles. The molecule has 0 amide bonds. The summed E-state index contributed by atoms with van der Waals surface area (Å²) < 4.78 is 10.9. The van der Waals surface area contributed by atoms with Crippen molar-refractivity contribution in [3.63, 3.8) is 0 Å². The number of amidine groups is 1. The fraction of sp³-hybridized carbons (Fsp3) is 0.214. The number of thiophene rings is 1. The van der Waals surface area contributed by atoms with Crippen LogP contribution < -0.4 is 15.2 Å². The molecule has 106 valence electrons. The van der Waals surface area contributed by atoms with Crippen molar-refractivity contribution in [2.45, 2.75) is 6.42 Å². The van der Waals surface area contributed by atoms with Crippen LogP contribution in [-0.2, 0) is 6.42 Å². The molecule has 3 N–H and O–H groups in total. The Kier molecular flexibility index (Phi) is 4.84. The molecule has 2 rings (SSSR count).